The number of nitrogens with one attached hydrogen (secondary N) is 1. The smallest absolute Gasteiger partial charge is 0.314 e. The molecule has 0 aromatic heterocycles. The van der Waals surface area contributed by atoms with Crippen LogP contribution in [0.1, 0.15) is 0 Å². The van der Waals surface area contributed by atoms with Crippen LogP contribution < -0.4 is 5.32 Å². The molecule has 0 heterocycles. The molecule has 0 bridgehead atoms. The van der Waals surface area contributed by atoms with Crippen LogP contribution in [-0.2, 0) is 4.79 Å². The molecule has 1 radical (unpaired) electrons. The Hall–Kier alpha value is -1.98. The third-order valence-corrected chi connectivity index (χ3v) is 1.35. The van der Waals surface area contributed by atoms with Gasteiger partial charge in [0.2, 0.25) is 0 Å². The molecule has 0 aliphatic heterocycles. The van der Waals surface area contributed by atoms with E-state index in [1.165, 1.54) is 6.41 Å². The molecule has 0 spiro atoms. The van der Waals surface area contributed by atoms with Gasteiger partial charge in [0, 0.05) is 12.1 Å². The van der Waals surface area contributed by atoms with Crippen LogP contribution in [0.5, 0.6) is 0 Å². The largest absolute Gasteiger partial charge is 0.315 e. The van der Waals surface area contributed by atoms with Gasteiger partial charge in [-0.2, -0.15) is 0 Å². The third-order valence-electron chi connectivity index (χ3n) is 1.35. The number of benzene rings is 1. The minimum atomic E-state index is -0.742. The van der Waals surface area contributed by atoms with E-state index in [4.69, 9.17) is 0 Å². The maximum atomic E-state index is 12.8. The lowest BCUT2D eigenvalue weighted by Crippen LogP contribution is -1.98. The first kappa shape index (κ1) is 9.11. The first-order chi connectivity index (χ1) is 6.15. The van der Waals surface area contributed by atoms with Gasteiger partial charge in [0.05, 0.1) is 10.6 Å². The SMILES string of the molecule is O=[C]Nc1cc([N+](=O)[O-])ccc1F. The van der Waals surface area contributed by atoms with Gasteiger partial charge in [-0.05, 0) is 6.07 Å². The molecular weight excluding hydrogens is 179 g/mol. The fraction of sp³-hybridized carbons (Fsp3) is 0. The van der Waals surface area contributed by atoms with E-state index >= 15 is 0 Å². The van der Waals surface area contributed by atoms with Crippen LogP contribution in [0.15, 0.2) is 18.2 Å². The molecule has 13 heavy (non-hydrogen) atoms. The Morgan fingerprint density at radius 3 is 2.77 bits per heavy atom. The summed E-state index contributed by atoms with van der Waals surface area (Å²) >= 11 is 0. The summed E-state index contributed by atoms with van der Waals surface area (Å²) in [5.41, 5.74) is -0.552. The summed E-state index contributed by atoms with van der Waals surface area (Å²) in [6.07, 6.45) is 1.23. The van der Waals surface area contributed by atoms with Crippen LogP contribution in [0.2, 0.25) is 0 Å². The number of hydrogen-bond donors (Lipinski definition) is 1. The van der Waals surface area contributed by atoms with Crippen molar-refractivity contribution in [3.8, 4) is 0 Å². The molecule has 5 nitrogen and oxygen atoms in total. The van der Waals surface area contributed by atoms with Crippen molar-refractivity contribution in [2.75, 3.05) is 5.32 Å². The number of nitro groups is 1. The maximum absolute atomic E-state index is 12.8. The molecular formula is C7H4FN2O3. The van der Waals surface area contributed by atoms with Crippen LogP contribution >= 0.6 is 0 Å². The Morgan fingerprint density at radius 2 is 2.23 bits per heavy atom. The number of nitro benzene ring substituents is 1. The quantitative estimate of drug-likeness (QED) is 0.435. The summed E-state index contributed by atoms with van der Waals surface area (Å²) in [5.74, 6) is -0.742. The average Bonchev–Trinajstić information content (AvgIpc) is 2.08. The van der Waals surface area contributed by atoms with Gasteiger partial charge in [0.25, 0.3) is 5.69 Å². The zero-order valence-corrected chi connectivity index (χ0v) is 6.28. The van der Waals surface area contributed by atoms with E-state index in [1.807, 2.05) is 5.32 Å². The van der Waals surface area contributed by atoms with E-state index in [-0.39, 0.29) is 11.4 Å². The number of anilines is 1. The molecule has 1 aromatic rings. The number of carbonyl (C=O) groups excluding carboxylic acids is 1. The highest BCUT2D eigenvalue weighted by Gasteiger charge is 2.09. The fourth-order valence-electron chi connectivity index (χ4n) is 0.778. The zero-order chi connectivity index (χ0) is 9.84. The van der Waals surface area contributed by atoms with E-state index in [0.29, 0.717) is 0 Å². The molecule has 6 heteroatoms. The number of amides is 1. The van der Waals surface area contributed by atoms with Crippen molar-refractivity contribution in [3.05, 3.63) is 34.1 Å². The van der Waals surface area contributed by atoms with Crippen molar-refractivity contribution >= 4 is 17.8 Å². The van der Waals surface area contributed by atoms with Crippen LogP contribution in [0, 0.1) is 15.9 Å². The van der Waals surface area contributed by atoms with Gasteiger partial charge in [-0.3, -0.25) is 14.9 Å². The number of rotatable bonds is 3. The molecule has 1 N–H and O–H groups in total. The summed E-state index contributed by atoms with van der Waals surface area (Å²) in [6.45, 7) is 0. The van der Waals surface area contributed by atoms with Gasteiger partial charge in [-0.15, -0.1) is 0 Å². The van der Waals surface area contributed by atoms with Crippen LogP contribution in [0.3, 0.4) is 0 Å². The van der Waals surface area contributed by atoms with Gasteiger partial charge in [-0.25, -0.2) is 4.39 Å². The van der Waals surface area contributed by atoms with Crippen molar-refractivity contribution in [3.63, 3.8) is 0 Å². The number of nitrogens with zero attached hydrogens (tertiary/aromatic N) is 1. The van der Waals surface area contributed by atoms with E-state index in [1.54, 1.807) is 0 Å². The van der Waals surface area contributed by atoms with Crippen LogP contribution in [-0.4, -0.2) is 11.3 Å². The minimum Gasteiger partial charge on any atom is -0.315 e. The molecule has 0 aliphatic carbocycles. The van der Waals surface area contributed by atoms with Gasteiger partial charge in [0.15, 0.2) is 0 Å². The Morgan fingerprint density at radius 1 is 1.54 bits per heavy atom. The van der Waals surface area contributed by atoms with E-state index in [9.17, 15) is 19.3 Å². The highest BCUT2D eigenvalue weighted by Crippen LogP contribution is 2.20. The van der Waals surface area contributed by atoms with Gasteiger partial charge >= 0.3 is 6.41 Å². The molecule has 0 fully saturated rings. The second kappa shape index (κ2) is 3.61. The first-order valence-corrected chi connectivity index (χ1v) is 3.22. The van der Waals surface area contributed by atoms with E-state index in [2.05, 4.69) is 0 Å². The first-order valence-electron chi connectivity index (χ1n) is 3.22. The molecule has 1 amide bonds. The van der Waals surface area contributed by atoms with Gasteiger partial charge in [0.1, 0.15) is 5.82 Å². The Kier molecular flexibility index (Phi) is 2.53. The van der Waals surface area contributed by atoms with E-state index in [0.717, 1.165) is 18.2 Å². The Labute approximate surface area is 72.3 Å². The lowest BCUT2D eigenvalue weighted by Gasteiger charge is -1.98. The second-order valence-electron chi connectivity index (χ2n) is 2.15. The monoisotopic (exact) mass is 183 g/mol. The van der Waals surface area contributed by atoms with Crippen molar-refractivity contribution in [2.24, 2.45) is 0 Å². The molecule has 0 aliphatic rings. The topological polar surface area (TPSA) is 72.2 Å². The normalized spacial score (nSPS) is 9.31. The second-order valence-corrected chi connectivity index (χ2v) is 2.15. The minimum absolute atomic E-state index is 0.260. The molecule has 0 saturated heterocycles. The van der Waals surface area contributed by atoms with Crippen molar-refractivity contribution in [1.82, 2.24) is 0 Å². The summed E-state index contributed by atoms with van der Waals surface area (Å²) in [6, 6.07) is 2.82. The molecule has 0 saturated carbocycles. The number of non-ortho nitro benzene ring substituents is 1. The van der Waals surface area contributed by atoms with Crippen molar-refractivity contribution in [1.29, 1.82) is 0 Å². The van der Waals surface area contributed by atoms with Crippen LogP contribution in [0.25, 0.3) is 0 Å². The zero-order valence-electron chi connectivity index (χ0n) is 6.28. The standard InChI is InChI=1S/C7H4FN2O3/c8-6-2-1-5(10(12)13)3-7(6)9-4-11/h1-3H,(H,9,11). The predicted octanol–water partition coefficient (Wildman–Crippen LogP) is 1.21. The molecule has 0 unspecified atom stereocenters. The summed E-state index contributed by atoms with van der Waals surface area (Å²) in [5, 5.41) is 12.1. The van der Waals surface area contributed by atoms with Crippen LogP contribution in [0.4, 0.5) is 15.8 Å². The third kappa shape index (κ3) is 1.98. The highest BCUT2D eigenvalue weighted by molar-refractivity contribution is 5.73. The molecule has 0 atom stereocenters. The number of halogens is 1. The maximum Gasteiger partial charge on any atom is 0.314 e. The predicted molar refractivity (Wildman–Crippen MR) is 42.4 cm³/mol. The van der Waals surface area contributed by atoms with Gasteiger partial charge in [-0.1, -0.05) is 0 Å². The van der Waals surface area contributed by atoms with Crippen molar-refractivity contribution < 1.29 is 14.1 Å². The number of hydrogen-bond acceptors (Lipinski definition) is 3. The lowest BCUT2D eigenvalue weighted by atomic mass is 10.2. The summed E-state index contributed by atoms with van der Waals surface area (Å²) in [7, 11) is 0. The molecule has 1 aromatic carbocycles. The van der Waals surface area contributed by atoms with Crippen molar-refractivity contribution in [2.45, 2.75) is 0 Å². The molecule has 67 valence electrons. The Balaban J connectivity index is 3.10. The molecule has 1 rings (SSSR count). The van der Waals surface area contributed by atoms with E-state index < -0.39 is 10.7 Å². The highest BCUT2D eigenvalue weighted by atomic mass is 19.1. The lowest BCUT2D eigenvalue weighted by molar-refractivity contribution is -0.384. The summed E-state index contributed by atoms with van der Waals surface area (Å²) < 4.78 is 12.8. The average molecular weight is 183 g/mol. The Bertz CT molecular complexity index is 354. The van der Waals surface area contributed by atoms with Gasteiger partial charge < -0.3 is 5.32 Å². The fourth-order valence-corrected chi connectivity index (χ4v) is 0.778. The summed E-state index contributed by atoms with van der Waals surface area (Å²) in [4.78, 5) is 19.4.